The largest absolute Gasteiger partial charge is 0.303 e. The molecule has 0 amide bonds. The molecule has 1 aromatic rings. The molecule has 4 nitrogen and oxygen atoms in total. The molecular weight excluding hydrogens is 208 g/mol. The Kier molecular flexibility index (Phi) is 5.18. The molecule has 0 N–H and O–H groups in total. The zero-order valence-electron chi connectivity index (χ0n) is 9.13. The minimum atomic E-state index is 0.484. The molecule has 0 aliphatic carbocycles. The van der Waals surface area contributed by atoms with Crippen LogP contribution in [0.3, 0.4) is 0 Å². The molecule has 82 valence electrons. The van der Waals surface area contributed by atoms with E-state index in [9.17, 15) is 0 Å². The Morgan fingerprint density at radius 1 is 1.67 bits per heavy atom. The smallest absolute Gasteiger partial charge is 0.0385 e. The predicted molar refractivity (Wildman–Crippen MR) is 64.1 cm³/mol. The molecule has 1 rings (SSSR count). The van der Waals surface area contributed by atoms with E-state index in [1.807, 2.05) is 0 Å². The molecular formula is C10H16N4S. The van der Waals surface area contributed by atoms with Crippen molar-refractivity contribution >= 4 is 11.3 Å². The van der Waals surface area contributed by atoms with Crippen molar-refractivity contribution < 1.29 is 0 Å². The molecule has 1 aromatic heterocycles. The fourth-order valence-electron chi connectivity index (χ4n) is 1.34. The molecule has 1 atom stereocenters. The molecule has 0 fully saturated rings. The maximum atomic E-state index is 8.17. The van der Waals surface area contributed by atoms with Crippen LogP contribution in [0.2, 0.25) is 0 Å². The summed E-state index contributed by atoms with van der Waals surface area (Å²) in [4.78, 5) is 6.36. The highest BCUT2D eigenvalue weighted by Gasteiger charge is 2.09. The van der Waals surface area contributed by atoms with Gasteiger partial charge < -0.3 is 4.90 Å². The summed E-state index contributed by atoms with van der Waals surface area (Å²) in [6.45, 7) is 3.55. The molecule has 0 aromatic carbocycles. The molecule has 0 radical (unpaired) electrons. The van der Waals surface area contributed by atoms with Crippen molar-refractivity contribution in [2.75, 3.05) is 20.1 Å². The van der Waals surface area contributed by atoms with Gasteiger partial charge in [0.05, 0.1) is 0 Å². The lowest BCUT2D eigenvalue weighted by Crippen LogP contribution is -2.32. The lowest BCUT2D eigenvalue weighted by Gasteiger charge is -2.23. The van der Waals surface area contributed by atoms with Gasteiger partial charge in [0.1, 0.15) is 0 Å². The summed E-state index contributed by atoms with van der Waals surface area (Å²) in [6.07, 6.45) is 1.06. The number of azide groups is 1. The maximum absolute atomic E-state index is 8.17. The van der Waals surface area contributed by atoms with Crippen LogP contribution in [0.1, 0.15) is 11.8 Å². The van der Waals surface area contributed by atoms with Crippen LogP contribution in [0.5, 0.6) is 0 Å². The molecule has 1 heterocycles. The van der Waals surface area contributed by atoms with Gasteiger partial charge in [0.25, 0.3) is 0 Å². The van der Waals surface area contributed by atoms with Crippen molar-refractivity contribution in [3.8, 4) is 0 Å². The quantitative estimate of drug-likeness (QED) is 0.416. The third kappa shape index (κ3) is 4.34. The third-order valence-electron chi connectivity index (χ3n) is 2.45. The Morgan fingerprint density at radius 3 is 3.07 bits per heavy atom. The summed E-state index contributed by atoms with van der Waals surface area (Å²) in [5, 5.41) is 5.63. The van der Waals surface area contributed by atoms with E-state index in [-0.39, 0.29) is 0 Å². The topological polar surface area (TPSA) is 52.0 Å². The van der Waals surface area contributed by atoms with Gasteiger partial charge in [-0.2, -0.15) is 0 Å². The van der Waals surface area contributed by atoms with E-state index in [1.54, 1.807) is 11.3 Å². The standard InChI is InChI=1S/C10H16N4S/c1-9(8-10-4-3-7-15-10)14(2)6-5-12-13-11/h3-4,7,9H,5-6,8H2,1-2H3. The van der Waals surface area contributed by atoms with E-state index < -0.39 is 0 Å². The van der Waals surface area contributed by atoms with E-state index in [1.165, 1.54) is 4.88 Å². The highest BCUT2D eigenvalue weighted by Crippen LogP contribution is 2.13. The van der Waals surface area contributed by atoms with Crippen LogP contribution in [0, 0.1) is 0 Å². The van der Waals surface area contributed by atoms with Crippen LogP contribution < -0.4 is 0 Å². The van der Waals surface area contributed by atoms with Gasteiger partial charge >= 0.3 is 0 Å². The van der Waals surface area contributed by atoms with Crippen LogP contribution in [-0.4, -0.2) is 31.1 Å². The van der Waals surface area contributed by atoms with Gasteiger partial charge in [-0.1, -0.05) is 11.2 Å². The molecule has 0 spiro atoms. The monoisotopic (exact) mass is 224 g/mol. The molecule has 0 aliphatic heterocycles. The first-order valence-electron chi connectivity index (χ1n) is 4.97. The third-order valence-corrected chi connectivity index (χ3v) is 3.34. The minimum absolute atomic E-state index is 0.484. The van der Waals surface area contributed by atoms with Gasteiger partial charge in [0.2, 0.25) is 0 Å². The highest BCUT2D eigenvalue weighted by molar-refractivity contribution is 7.09. The summed E-state index contributed by atoms with van der Waals surface area (Å²) in [5.74, 6) is 0. The van der Waals surface area contributed by atoms with Crippen molar-refractivity contribution in [1.29, 1.82) is 0 Å². The van der Waals surface area contributed by atoms with Gasteiger partial charge in [-0.25, -0.2) is 0 Å². The molecule has 0 saturated heterocycles. The molecule has 5 heteroatoms. The molecule has 0 aliphatic rings. The van der Waals surface area contributed by atoms with E-state index in [2.05, 4.69) is 46.4 Å². The molecule has 0 saturated carbocycles. The summed E-state index contributed by atoms with van der Waals surface area (Å²) in [7, 11) is 2.06. The normalized spacial score (nSPS) is 12.5. The lowest BCUT2D eigenvalue weighted by atomic mass is 10.2. The first-order chi connectivity index (χ1) is 7.24. The van der Waals surface area contributed by atoms with Crippen molar-refractivity contribution in [3.05, 3.63) is 32.8 Å². The average Bonchev–Trinajstić information content (AvgIpc) is 2.70. The Labute approximate surface area is 94.2 Å². The van der Waals surface area contributed by atoms with Crippen LogP contribution >= 0.6 is 11.3 Å². The number of thiophene rings is 1. The SMILES string of the molecule is CC(Cc1cccs1)N(C)CCN=[N+]=[N-]. The van der Waals surface area contributed by atoms with Crippen LogP contribution in [0.25, 0.3) is 10.4 Å². The average molecular weight is 224 g/mol. The van der Waals surface area contributed by atoms with Crippen molar-refractivity contribution in [1.82, 2.24) is 4.90 Å². The van der Waals surface area contributed by atoms with Gasteiger partial charge in [-0.15, -0.1) is 11.3 Å². The Bertz CT molecular complexity index is 316. The van der Waals surface area contributed by atoms with Gasteiger partial charge in [0.15, 0.2) is 0 Å². The molecule has 15 heavy (non-hydrogen) atoms. The fourth-order valence-corrected chi connectivity index (χ4v) is 2.17. The summed E-state index contributed by atoms with van der Waals surface area (Å²) in [5.41, 5.74) is 8.17. The zero-order valence-corrected chi connectivity index (χ0v) is 9.94. The first-order valence-corrected chi connectivity index (χ1v) is 5.85. The number of likely N-dealkylation sites (N-methyl/N-ethyl adjacent to an activating group) is 1. The Hall–Kier alpha value is -1.03. The molecule has 0 bridgehead atoms. The number of nitrogens with zero attached hydrogens (tertiary/aromatic N) is 4. The molecule has 1 unspecified atom stereocenters. The van der Waals surface area contributed by atoms with Crippen molar-refractivity contribution in [2.45, 2.75) is 19.4 Å². The summed E-state index contributed by atoms with van der Waals surface area (Å²) in [6, 6.07) is 4.72. The second-order valence-electron chi connectivity index (χ2n) is 3.57. The summed E-state index contributed by atoms with van der Waals surface area (Å²) >= 11 is 1.79. The Balaban J connectivity index is 2.32. The van der Waals surface area contributed by atoms with Crippen molar-refractivity contribution in [2.24, 2.45) is 5.11 Å². The second-order valence-corrected chi connectivity index (χ2v) is 4.60. The fraction of sp³-hybridized carbons (Fsp3) is 0.600. The van der Waals surface area contributed by atoms with Gasteiger partial charge in [-0.05, 0) is 37.4 Å². The number of hydrogen-bond donors (Lipinski definition) is 0. The second kappa shape index (κ2) is 6.45. The predicted octanol–water partition coefficient (Wildman–Crippen LogP) is 2.92. The zero-order chi connectivity index (χ0) is 11.1. The van der Waals surface area contributed by atoms with E-state index in [0.717, 1.165) is 13.0 Å². The number of rotatable bonds is 6. The van der Waals surface area contributed by atoms with Gasteiger partial charge in [-0.3, -0.25) is 0 Å². The first kappa shape index (κ1) is 12.0. The van der Waals surface area contributed by atoms with E-state index in [4.69, 9.17) is 5.53 Å². The van der Waals surface area contributed by atoms with E-state index in [0.29, 0.717) is 12.6 Å². The summed E-state index contributed by atoms with van der Waals surface area (Å²) < 4.78 is 0. The number of hydrogen-bond acceptors (Lipinski definition) is 3. The van der Waals surface area contributed by atoms with E-state index >= 15 is 0 Å². The van der Waals surface area contributed by atoms with Crippen LogP contribution in [-0.2, 0) is 6.42 Å². The lowest BCUT2D eigenvalue weighted by molar-refractivity contribution is 0.264. The maximum Gasteiger partial charge on any atom is 0.0385 e. The van der Waals surface area contributed by atoms with Crippen molar-refractivity contribution in [3.63, 3.8) is 0 Å². The van der Waals surface area contributed by atoms with Gasteiger partial charge in [0, 0.05) is 28.9 Å². The highest BCUT2D eigenvalue weighted by atomic mass is 32.1. The minimum Gasteiger partial charge on any atom is -0.303 e. The van der Waals surface area contributed by atoms with Crippen LogP contribution in [0.15, 0.2) is 22.6 Å². The Morgan fingerprint density at radius 2 is 2.47 bits per heavy atom. The van der Waals surface area contributed by atoms with Crippen LogP contribution in [0.4, 0.5) is 0 Å².